The quantitative estimate of drug-likeness (QED) is 0.719. The highest BCUT2D eigenvalue weighted by atomic mass is 35.5. The van der Waals surface area contributed by atoms with Crippen LogP contribution in [-0.2, 0) is 16.6 Å². The van der Waals surface area contributed by atoms with Gasteiger partial charge in [-0.3, -0.25) is 4.31 Å². The minimum Gasteiger partial charge on any atom is -0.508 e. The first-order valence-electron chi connectivity index (χ1n) is 7.58. The van der Waals surface area contributed by atoms with Gasteiger partial charge < -0.3 is 5.11 Å². The summed E-state index contributed by atoms with van der Waals surface area (Å²) in [7, 11) is -3.91. The van der Waals surface area contributed by atoms with Crippen molar-refractivity contribution in [2.75, 3.05) is 4.31 Å². The Morgan fingerprint density at radius 3 is 2.08 bits per heavy atom. The van der Waals surface area contributed by atoms with Gasteiger partial charge in [0.05, 0.1) is 17.1 Å². The van der Waals surface area contributed by atoms with E-state index in [0.29, 0.717) is 5.69 Å². The molecule has 0 heterocycles. The smallest absolute Gasteiger partial charge is 0.264 e. The average molecular weight is 374 g/mol. The minimum atomic E-state index is -3.91. The Balaban J connectivity index is 2.10. The molecule has 0 aromatic heterocycles. The first-order valence-corrected chi connectivity index (χ1v) is 9.40. The van der Waals surface area contributed by atoms with E-state index < -0.39 is 10.0 Å². The number of phenolic OH excluding ortho intramolecular Hbond substituents is 1. The molecule has 3 rings (SSSR count). The maximum absolute atomic E-state index is 13.2. The van der Waals surface area contributed by atoms with Crippen LogP contribution < -0.4 is 4.31 Å². The number of aromatic hydroxyl groups is 1. The molecule has 0 saturated heterocycles. The number of para-hydroxylation sites is 1. The molecule has 128 valence electrons. The van der Waals surface area contributed by atoms with Crippen LogP contribution in [0.1, 0.15) is 5.56 Å². The van der Waals surface area contributed by atoms with Crippen LogP contribution in [0.5, 0.6) is 5.75 Å². The molecule has 3 aromatic carbocycles. The number of hydrogen-bond donors (Lipinski definition) is 1. The Hall–Kier alpha value is -2.50. The zero-order chi connectivity index (χ0) is 17.9. The van der Waals surface area contributed by atoms with Gasteiger partial charge in [0.2, 0.25) is 0 Å². The highest BCUT2D eigenvalue weighted by Crippen LogP contribution is 2.29. The second-order valence-electron chi connectivity index (χ2n) is 5.48. The van der Waals surface area contributed by atoms with Crippen LogP contribution in [0.4, 0.5) is 5.69 Å². The van der Waals surface area contributed by atoms with Gasteiger partial charge in [-0.05, 0) is 29.8 Å². The number of nitrogens with zero attached hydrogens (tertiary/aromatic N) is 1. The standard InChI is InChI=1S/C19H16ClNO3S/c20-16-11-18(22)13-19(12-16)25(23,24)21(17-9-5-2-6-10-17)14-15-7-3-1-4-8-15/h1-13,22H,14H2. The molecule has 0 fully saturated rings. The molecule has 0 aliphatic rings. The van der Waals surface area contributed by atoms with Crippen molar-refractivity contribution < 1.29 is 13.5 Å². The maximum Gasteiger partial charge on any atom is 0.264 e. The fourth-order valence-corrected chi connectivity index (χ4v) is 4.30. The number of anilines is 1. The summed E-state index contributed by atoms with van der Waals surface area (Å²) in [6, 6.07) is 22.0. The highest BCUT2D eigenvalue weighted by molar-refractivity contribution is 7.92. The summed E-state index contributed by atoms with van der Waals surface area (Å²) >= 11 is 5.92. The van der Waals surface area contributed by atoms with E-state index in [4.69, 9.17) is 11.6 Å². The maximum atomic E-state index is 13.2. The predicted octanol–water partition coefficient (Wildman–Crippen LogP) is 4.44. The van der Waals surface area contributed by atoms with Crippen LogP contribution in [0, 0.1) is 0 Å². The van der Waals surface area contributed by atoms with E-state index in [-0.39, 0.29) is 22.2 Å². The fourth-order valence-electron chi connectivity index (χ4n) is 2.48. The molecular formula is C19H16ClNO3S. The molecule has 4 nitrogen and oxygen atoms in total. The van der Waals surface area contributed by atoms with E-state index in [1.54, 1.807) is 24.3 Å². The van der Waals surface area contributed by atoms with Gasteiger partial charge in [-0.25, -0.2) is 8.42 Å². The van der Waals surface area contributed by atoms with Gasteiger partial charge in [-0.1, -0.05) is 60.1 Å². The van der Waals surface area contributed by atoms with Crippen LogP contribution in [0.2, 0.25) is 5.02 Å². The monoisotopic (exact) mass is 373 g/mol. The van der Waals surface area contributed by atoms with Crippen molar-refractivity contribution in [2.24, 2.45) is 0 Å². The number of sulfonamides is 1. The Bertz CT molecular complexity index is 940. The van der Waals surface area contributed by atoms with E-state index in [1.807, 2.05) is 36.4 Å². The minimum absolute atomic E-state index is 0.0581. The van der Waals surface area contributed by atoms with Gasteiger partial charge >= 0.3 is 0 Å². The van der Waals surface area contributed by atoms with Gasteiger partial charge in [0.25, 0.3) is 10.0 Å². The van der Waals surface area contributed by atoms with Gasteiger partial charge in [0.15, 0.2) is 0 Å². The molecule has 1 N–H and O–H groups in total. The molecular weight excluding hydrogens is 358 g/mol. The van der Waals surface area contributed by atoms with E-state index in [1.165, 1.54) is 22.5 Å². The second-order valence-corrected chi connectivity index (χ2v) is 7.78. The Morgan fingerprint density at radius 2 is 1.48 bits per heavy atom. The molecule has 0 bridgehead atoms. The summed E-state index contributed by atoms with van der Waals surface area (Å²) in [5.74, 6) is -0.196. The summed E-state index contributed by atoms with van der Waals surface area (Å²) < 4.78 is 27.7. The Labute approximate surface area is 152 Å². The lowest BCUT2D eigenvalue weighted by atomic mass is 10.2. The van der Waals surface area contributed by atoms with Crippen molar-refractivity contribution in [3.05, 3.63) is 89.4 Å². The SMILES string of the molecule is O=S(=O)(c1cc(O)cc(Cl)c1)N(Cc1ccccc1)c1ccccc1. The van der Waals surface area contributed by atoms with Gasteiger partial charge in [-0.2, -0.15) is 0 Å². The average Bonchev–Trinajstić information content (AvgIpc) is 2.60. The molecule has 0 saturated carbocycles. The molecule has 0 aliphatic carbocycles. The van der Waals surface area contributed by atoms with Gasteiger partial charge in [0, 0.05) is 11.1 Å². The van der Waals surface area contributed by atoms with Crippen LogP contribution >= 0.6 is 11.6 Å². The lowest BCUT2D eigenvalue weighted by Gasteiger charge is -2.25. The van der Waals surface area contributed by atoms with Gasteiger partial charge in [0.1, 0.15) is 5.75 Å². The van der Waals surface area contributed by atoms with E-state index >= 15 is 0 Å². The van der Waals surface area contributed by atoms with Crippen molar-refractivity contribution >= 4 is 27.3 Å². The predicted molar refractivity (Wildman–Crippen MR) is 99.4 cm³/mol. The fraction of sp³-hybridized carbons (Fsp3) is 0.0526. The van der Waals surface area contributed by atoms with E-state index in [2.05, 4.69) is 0 Å². The Morgan fingerprint density at radius 1 is 0.880 bits per heavy atom. The van der Waals surface area contributed by atoms with Crippen LogP contribution in [0.25, 0.3) is 0 Å². The summed E-state index contributed by atoms with van der Waals surface area (Å²) in [6.07, 6.45) is 0. The third-order valence-corrected chi connectivity index (χ3v) is 5.63. The van der Waals surface area contributed by atoms with E-state index in [9.17, 15) is 13.5 Å². The third-order valence-electron chi connectivity index (χ3n) is 3.66. The van der Waals surface area contributed by atoms with Crippen LogP contribution in [-0.4, -0.2) is 13.5 Å². The van der Waals surface area contributed by atoms with Crippen LogP contribution in [0.15, 0.2) is 83.8 Å². The van der Waals surface area contributed by atoms with Crippen molar-refractivity contribution in [1.29, 1.82) is 0 Å². The Kier molecular flexibility index (Phi) is 4.97. The third kappa shape index (κ3) is 3.95. The molecule has 0 aliphatic heterocycles. The number of halogens is 1. The molecule has 25 heavy (non-hydrogen) atoms. The van der Waals surface area contributed by atoms with Crippen LogP contribution in [0.3, 0.4) is 0 Å². The van der Waals surface area contributed by atoms with E-state index in [0.717, 1.165) is 5.56 Å². The summed E-state index contributed by atoms with van der Waals surface area (Å²) in [5.41, 5.74) is 1.38. The molecule has 0 unspecified atom stereocenters. The topological polar surface area (TPSA) is 57.6 Å². The number of rotatable bonds is 5. The normalized spacial score (nSPS) is 11.2. The van der Waals surface area contributed by atoms with Crippen molar-refractivity contribution in [3.8, 4) is 5.75 Å². The van der Waals surface area contributed by atoms with Crippen molar-refractivity contribution in [3.63, 3.8) is 0 Å². The molecule has 3 aromatic rings. The lowest BCUT2D eigenvalue weighted by Crippen LogP contribution is -2.30. The van der Waals surface area contributed by atoms with Crippen molar-refractivity contribution in [1.82, 2.24) is 0 Å². The largest absolute Gasteiger partial charge is 0.508 e. The first kappa shape index (κ1) is 17.3. The zero-order valence-electron chi connectivity index (χ0n) is 13.2. The lowest BCUT2D eigenvalue weighted by molar-refractivity contribution is 0.473. The number of hydrogen-bond acceptors (Lipinski definition) is 3. The zero-order valence-corrected chi connectivity index (χ0v) is 14.8. The number of benzene rings is 3. The molecule has 0 amide bonds. The van der Waals surface area contributed by atoms with Gasteiger partial charge in [-0.15, -0.1) is 0 Å². The summed E-state index contributed by atoms with van der Waals surface area (Å²) in [6.45, 7) is 0.167. The van der Waals surface area contributed by atoms with Crippen molar-refractivity contribution in [2.45, 2.75) is 11.4 Å². The molecule has 0 spiro atoms. The molecule has 6 heteroatoms. The highest BCUT2D eigenvalue weighted by Gasteiger charge is 2.26. The summed E-state index contributed by atoms with van der Waals surface area (Å²) in [4.78, 5) is -0.0581. The molecule has 0 radical (unpaired) electrons. The molecule has 0 atom stereocenters. The summed E-state index contributed by atoms with van der Waals surface area (Å²) in [5, 5.41) is 9.89. The second kappa shape index (κ2) is 7.17. The number of phenols is 1. The first-order chi connectivity index (χ1) is 12.0.